The third kappa shape index (κ3) is 4.96. The molecule has 1 saturated carbocycles. The number of alkyl halides is 4. The van der Waals surface area contributed by atoms with Gasteiger partial charge < -0.3 is 16.6 Å². The zero-order valence-corrected chi connectivity index (χ0v) is 22.5. The van der Waals surface area contributed by atoms with Gasteiger partial charge >= 0.3 is 6.18 Å². The largest absolute Gasteiger partial charge is 0.479 e. The molecule has 0 amide bonds. The van der Waals surface area contributed by atoms with Crippen LogP contribution in [0.1, 0.15) is 42.3 Å². The number of hydrogen-bond donors (Lipinski definition) is 4. The number of aromatic nitrogens is 6. The second-order valence-corrected chi connectivity index (χ2v) is 15.7. The van der Waals surface area contributed by atoms with Crippen LogP contribution >= 0.6 is 0 Å². The average Bonchev–Trinajstić information content (AvgIpc) is 3.44. The van der Waals surface area contributed by atoms with Crippen molar-refractivity contribution in [2.24, 2.45) is 13.0 Å². The average molecular weight is 630 g/mol. The molecule has 5 rings (SSSR count). The van der Waals surface area contributed by atoms with E-state index in [1.807, 2.05) is 35.9 Å². The molecule has 2 atom stereocenters. The first kappa shape index (κ1) is 26.0. The number of aryl methyl sites for hydroxylation is 1. The summed E-state index contributed by atoms with van der Waals surface area (Å²) in [6.07, 6.45) is 0.237. The van der Waals surface area contributed by atoms with Gasteiger partial charge in [0, 0.05) is 34.2 Å². The molecular formula is C24H28F3IN7O2-. The van der Waals surface area contributed by atoms with Gasteiger partial charge in [-0.25, -0.2) is 19.1 Å². The second-order valence-electron chi connectivity index (χ2n) is 9.30. The quantitative estimate of drug-likeness (QED) is 0.0941. The molecule has 37 heavy (non-hydrogen) atoms. The second kappa shape index (κ2) is 9.93. The van der Waals surface area contributed by atoms with Crippen molar-refractivity contribution in [3.63, 3.8) is 0 Å². The summed E-state index contributed by atoms with van der Waals surface area (Å²) in [5.74, 6) is 1.26. The third-order valence-corrected chi connectivity index (χ3v) is 11.6. The van der Waals surface area contributed by atoms with Crippen LogP contribution in [0.2, 0.25) is 0 Å². The number of aliphatic hydroxyl groups excluding tert-OH is 1. The summed E-state index contributed by atoms with van der Waals surface area (Å²) < 4.78 is 57.3. The highest BCUT2D eigenvalue weighted by molar-refractivity contribution is 5.92. The normalized spacial score (nSPS) is 17.1. The Morgan fingerprint density at radius 3 is 2.68 bits per heavy atom. The molecule has 0 spiro atoms. The Hall–Kier alpha value is -2.62. The summed E-state index contributed by atoms with van der Waals surface area (Å²) in [5, 5.41) is 25.0. The standard InChI is InChI=1S/C24H28F3IN7O2/c1-28(37,29-9-10-36)22-21-17(12-18(31-22)24(25,26)27)20(32-33-21)16-8-4-7-15(11-16)19(14-5-3-6-14)23-34-30-13-35(23)2/h4,7-8,11-14,19,29,36-37H,3,5-6,9-10H2,1-2H3,(H,32,33)/q-1/t19-/m1/s1. The fourth-order valence-electron chi connectivity index (χ4n) is 4.76. The van der Waals surface area contributed by atoms with E-state index in [1.165, 1.54) is 4.93 Å². The van der Waals surface area contributed by atoms with Crippen molar-refractivity contribution in [1.82, 2.24) is 33.5 Å². The monoisotopic (exact) mass is 630 g/mol. The van der Waals surface area contributed by atoms with Gasteiger partial charge in [0.25, 0.3) is 0 Å². The number of nitrogens with zero attached hydrogens (tertiary/aromatic N) is 5. The predicted octanol–water partition coefficient (Wildman–Crippen LogP) is 0.0682. The number of pyridine rings is 1. The van der Waals surface area contributed by atoms with Crippen LogP contribution in [0.5, 0.6) is 0 Å². The van der Waals surface area contributed by atoms with E-state index >= 15 is 0 Å². The number of fused-ring (bicyclic) bond motifs is 1. The molecule has 3 aromatic heterocycles. The maximum atomic E-state index is 13.8. The van der Waals surface area contributed by atoms with E-state index < -0.39 is 31.0 Å². The lowest BCUT2D eigenvalue weighted by molar-refractivity contribution is -1.28. The number of H-pyrrole nitrogens is 1. The zero-order chi connectivity index (χ0) is 26.4. The van der Waals surface area contributed by atoms with Gasteiger partial charge in [0.2, 0.25) is 0 Å². The van der Waals surface area contributed by atoms with E-state index in [9.17, 15) is 16.6 Å². The minimum atomic E-state index is -4.71. The first-order valence-electron chi connectivity index (χ1n) is 11.8. The first-order chi connectivity index (χ1) is 17.6. The van der Waals surface area contributed by atoms with Crippen LogP contribution in [0.25, 0.3) is 22.2 Å². The summed E-state index contributed by atoms with van der Waals surface area (Å²) in [6, 6.07) is 8.60. The molecule has 0 saturated heterocycles. The van der Waals surface area contributed by atoms with E-state index in [-0.39, 0.29) is 33.7 Å². The maximum Gasteiger partial charge on any atom is 0.433 e. The Morgan fingerprint density at radius 1 is 1.27 bits per heavy atom. The van der Waals surface area contributed by atoms with Crippen LogP contribution in [0.3, 0.4) is 0 Å². The van der Waals surface area contributed by atoms with Crippen molar-refractivity contribution in [3.05, 3.63) is 57.4 Å². The number of halogens is 4. The van der Waals surface area contributed by atoms with Gasteiger partial charge in [-0.3, -0.25) is 10.1 Å². The van der Waals surface area contributed by atoms with Crippen LogP contribution in [-0.4, -0.2) is 56.6 Å². The molecule has 1 aliphatic carbocycles. The Labute approximate surface area is 215 Å². The van der Waals surface area contributed by atoms with E-state index in [0.717, 1.165) is 36.7 Å². The molecule has 13 heteroatoms. The third-order valence-electron chi connectivity index (χ3n) is 6.78. The van der Waals surface area contributed by atoms with Gasteiger partial charge in [-0.15, -0.1) is 10.2 Å². The Kier molecular flexibility index (Phi) is 6.98. The highest BCUT2D eigenvalue weighted by Crippen LogP contribution is 2.43. The van der Waals surface area contributed by atoms with Gasteiger partial charge in [-0.2, -0.15) is 18.3 Å². The summed E-state index contributed by atoms with van der Waals surface area (Å²) in [4.78, 5) is 5.27. The molecule has 0 radical (unpaired) electrons. The Bertz CT molecular complexity index is 1420. The lowest BCUT2D eigenvalue weighted by Crippen LogP contribution is -4.10. The highest BCUT2D eigenvalue weighted by Gasteiger charge is 2.35. The summed E-state index contributed by atoms with van der Waals surface area (Å²) >= 11 is -4.16. The smallest absolute Gasteiger partial charge is 0.433 e. The van der Waals surface area contributed by atoms with Crippen LogP contribution in [0.15, 0.2) is 36.7 Å². The van der Waals surface area contributed by atoms with Crippen molar-refractivity contribution in [3.8, 4) is 11.3 Å². The number of aromatic amines is 1. The van der Waals surface area contributed by atoms with Crippen LogP contribution in [0, 0.1) is 9.62 Å². The Morgan fingerprint density at radius 2 is 2.05 bits per heavy atom. The molecule has 4 aromatic rings. The number of hydrogen-bond acceptors (Lipinski definition) is 7. The van der Waals surface area contributed by atoms with E-state index in [2.05, 4.69) is 28.9 Å². The SMILES string of the molecule is Cn1cnnc1[C@@H](c1cccc(-c2n[nH]c3c([I@@-](C)(O)NCCO)nc(C(F)(F)F)cc23)c1)C1CCC1. The molecule has 1 aromatic carbocycles. The molecule has 1 fully saturated rings. The molecule has 4 N–H and O–H groups in total. The fraction of sp³-hybridized carbons (Fsp3) is 0.417. The van der Waals surface area contributed by atoms with E-state index in [1.54, 1.807) is 6.33 Å². The molecule has 0 bridgehead atoms. The van der Waals surface area contributed by atoms with Crippen LogP contribution in [-0.2, 0) is 13.2 Å². The number of rotatable bonds is 8. The van der Waals surface area contributed by atoms with Gasteiger partial charge in [0.1, 0.15) is 17.8 Å². The fourth-order valence-corrected chi connectivity index (χ4v) is 8.60. The minimum Gasteiger partial charge on any atom is -0.479 e. The topological polar surface area (TPSA) is 125 Å². The predicted molar refractivity (Wildman–Crippen MR) is 126 cm³/mol. The summed E-state index contributed by atoms with van der Waals surface area (Å²) in [6.45, 7) is -0.229. The van der Waals surface area contributed by atoms with Crippen molar-refractivity contribution in [2.75, 3.05) is 18.1 Å². The van der Waals surface area contributed by atoms with Gasteiger partial charge in [0.15, 0.2) is 0 Å². The van der Waals surface area contributed by atoms with Crippen molar-refractivity contribution >= 4 is 10.9 Å². The van der Waals surface area contributed by atoms with Crippen molar-refractivity contribution < 1.29 is 40.8 Å². The van der Waals surface area contributed by atoms with Gasteiger partial charge in [0.05, 0.1) is 17.8 Å². The molecule has 3 heterocycles. The molecule has 0 aliphatic heterocycles. The van der Waals surface area contributed by atoms with Crippen LogP contribution < -0.4 is 22.7 Å². The number of benzene rings is 1. The van der Waals surface area contributed by atoms with Gasteiger partial charge in [-0.1, -0.05) is 29.6 Å². The lowest BCUT2D eigenvalue weighted by atomic mass is 9.72. The minimum absolute atomic E-state index is 0.00684. The van der Waals surface area contributed by atoms with E-state index in [4.69, 9.17) is 5.11 Å². The summed E-state index contributed by atoms with van der Waals surface area (Å²) in [5.41, 5.74) is 1.14. The summed E-state index contributed by atoms with van der Waals surface area (Å²) in [7, 11) is 1.90. The van der Waals surface area contributed by atoms with Crippen LogP contribution in [0.4, 0.5) is 13.2 Å². The van der Waals surface area contributed by atoms with Crippen molar-refractivity contribution in [1.29, 1.82) is 0 Å². The first-order valence-corrected chi connectivity index (χ1v) is 17.1. The number of aliphatic hydroxyl groups is 1. The Balaban J connectivity index is 1.64. The number of nitrogens with one attached hydrogen (secondary N) is 2. The molecule has 1 aliphatic rings. The van der Waals surface area contributed by atoms with E-state index in [0.29, 0.717) is 17.2 Å². The molecule has 9 nitrogen and oxygen atoms in total. The lowest BCUT2D eigenvalue weighted by Gasteiger charge is -2.43. The van der Waals surface area contributed by atoms with Gasteiger partial charge in [-0.05, 0) is 36.5 Å². The maximum absolute atomic E-state index is 13.8. The van der Waals surface area contributed by atoms with Crippen molar-refractivity contribution in [2.45, 2.75) is 31.4 Å². The highest BCUT2D eigenvalue weighted by atomic mass is 127. The molecular weight excluding hydrogens is 602 g/mol. The zero-order valence-electron chi connectivity index (χ0n) is 20.3. The molecule has 200 valence electrons. The molecule has 0 unspecified atom stereocenters.